The SMILES string of the molecule is N#CC(=Cc1ccc(-c2ccc(S(N)(=O)=O)cc2)o1)C(=O)Nc1cccc([N+](=O)[O-])c1. The number of nitro groups is 1. The molecule has 0 aliphatic rings. The van der Waals surface area contributed by atoms with Gasteiger partial charge in [-0.15, -0.1) is 0 Å². The molecule has 0 bridgehead atoms. The Morgan fingerprint density at radius 2 is 1.87 bits per heavy atom. The minimum absolute atomic E-state index is 0.0486. The minimum Gasteiger partial charge on any atom is -0.457 e. The van der Waals surface area contributed by atoms with Crippen molar-refractivity contribution in [1.82, 2.24) is 0 Å². The van der Waals surface area contributed by atoms with Crippen LogP contribution in [0.25, 0.3) is 17.4 Å². The number of sulfonamides is 1. The topological polar surface area (TPSA) is 169 Å². The molecule has 0 saturated heterocycles. The Balaban J connectivity index is 1.80. The van der Waals surface area contributed by atoms with Crippen molar-refractivity contribution in [2.75, 3.05) is 5.32 Å². The fraction of sp³-hybridized carbons (Fsp3) is 0. The molecule has 11 heteroatoms. The molecular weight excluding hydrogens is 424 g/mol. The monoisotopic (exact) mass is 438 g/mol. The van der Waals surface area contributed by atoms with Gasteiger partial charge >= 0.3 is 0 Å². The van der Waals surface area contributed by atoms with Crippen LogP contribution in [0.3, 0.4) is 0 Å². The zero-order valence-electron chi connectivity index (χ0n) is 15.7. The van der Waals surface area contributed by atoms with Crippen LogP contribution in [0.2, 0.25) is 0 Å². The molecule has 31 heavy (non-hydrogen) atoms. The number of anilines is 1. The largest absolute Gasteiger partial charge is 0.457 e. The Kier molecular flexibility index (Phi) is 5.96. The molecule has 3 N–H and O–H groups in total. The molecule has 1 amide bonds. The summed E-state index contributed by atoms with van der Waals surface area (Å²) in [6.07, 6.45) is 1.22. The lowest BCUT2D eigenvalue weighted by molar-refractivity contribution is -0.384. The van der Waals surface area contributed by atoms with E-state index in [9.17, 15) is 28.6 Å². The number of amides is 1. The fourth-order valence-electron chi connectivity index (χ4n) is 2.58. The van der Waals surface area contributed by atoms with E-state index in [0.717, 1.165) is 0 Å². The van der Waals surface area contributed by atoms with Gasteiger partial charge in [0.15, 0.2) is 0 Å². The van der Waals surface area contributed by atoms with E-state index < -0.39 is 20.9 Å². The van der Waals surface area contributed by atoms with Gasteiger partial charge in [-0.1, -0.05) is 6.07 Å². The number of nitro benzene ring substituents is 1. The molecule has 0 atom stereocenters. The second-order valence-corrected chi connectivity index (χ2v) is 7.76. The van der Waals surface area contributed by atoms with Gasteiger partial charge in [-0.2, -0.15) is 5.26 Å². The van der Waals surface area contributed by atoms with Gasteiger partial charge in [0.2, 0.25) is 10.0 Å². The van der Waals surface area contributed by atoms with Gasteiger partial charge in [0.05, 0.1) is 9.82 Å². The first-order chi connectivity index (χ1) is 14.7. The average molecular weight is 438 g/mol. The summed E-state index contributed by atoms with van der Waals surface area (Å²) in [5.41, 5.74) is 0.239. The van der Waals surface area contributed by atoms with E-state index in [-0.39, 0.29) is 27.6 Å². The number of non-ortho nitro benzene ring substituents is 1. The van der Waals surface area contributed by atoms with Gasteiger partial charge < -0.3 is 9.73 Å². The van der Waals surface area contributed by atoms with E-state index >= 15 is 0 Å². The summed E-state index contributed by atoms with van der Waals surface area (Å²) in [6, 6.07) is 15.8. The lowest BCUT2D eigenvalue weighted by Crippen LogP contribution is -2.13. The maximum atomic E-state index is 12.4. The van der Waals surface area contributed by atoms with Crippen molar-refractivity contribution >= 4 is 33.4 Å². The number of furan rings is 1. The van der Waals surface area contributed by atoms with Gasteiger partial charge in [0.1, 0.15) is 23.2 Å². The van der Waals surface area contributed by atoms with E-state index in [0.29, 0.717) is 11.3 Å². The summed E-state index contributed by atoms with van der Waals surface area (Å²) < 4.78 is 28.3. The third-order valence-corrected chi connectivity index (χ3v) is 4.99. The molecule has 0 unspecified atom stereocenters. The van der Waals surface area contributed by atoms with Crippen molar-refractivity contribution in [1.29, 1.82) is 5.26 Å². The molecule has 1 aromatic heterocycles. The number of carbonyl (C=O) groups excluding carboxylic acids is 1. The summed E-state index contributed by atoms with van der Waals surface area (Å²) >= 11 is 0. The van der Waals surface area contributed by atoms with Crippen molar-refractivity contribution in [2.24, 2.45) is 5.14 Å². The predicted octanol–water partition coefficient (Wildman–Crippen LogP) is 3.05. The summed E-state index contributed by atoms with van der Waals surface area (Å²) in [5.74, 6) is -0.182. The zero-order chi connectivity index (χ0) is 22.6. The van der Waals surface area contributed by atoms with Crippen molar-refractivity contribution in [3.63, 3.8) is 0 Å². The van der Waals surface area contributed by atoms with Crippen LogP contribution >= 0.6 is 0 Å². The quantitative estimate of drug-likeness (QED) is 0.258. The van der Waals surface area contributed by atoms with Crippen LogP contribution in [0.15, 0.2) is 75.5 Å². The second kappa shape index (κ2) is 8.62. The Bertz CT molecular complexity index is 1330. The number of benzene rings is 2. The average Bonchev–Trinajstić information content (AvgIpc) is 3.20. The normalized spacial score (nSPS) is 11.5. The number of rotatable bonds is 6. The lowest BCUT2D eigenvalue weighted by Gasteiger charge is -2.03. The first kappa shape index (κ1) is 21.4. The number of hydrogen-bond donors (Lipinski definition) is 2. The van der Waals surface area contributed by atoms with Crippen LogP contribution < -0.4 is 10.5 Å². The molecule has 156 valence electrons. The number of hydrogen-bond acceptors (Lipinski definition) is 7. The molecule has 0 aliphatic heterocycles. The van der Waals surface area contributed by atoms with Gasteiger partial charge in [-0.3, -0.25) is 14.9 Å². The van der Waals surface area contributed by atoms with Crippen molar-refractivity contribution in [3.8, 4) is 17.4 Å². The summed E-state index contributed by atoms with van der Waals surface area (Å²) in [5, 5.41) is 27.6. The van der Waals surface area contributed by atoms with Gasteiger partial charge in [0, 0.05) is 29.5 Å². The van der Waals surface area contributed by atoms with Crippen molar-refractivity contribution in [3.05, 3.63) is 82.1 Å². The molecule has 0 radical (unpaired) electrons. The highest BCUT2D eigenvalue weighted by Gasteiger charge is 2.14. The van der Waals surface area contributed by atoms with E-state index in [1.54, 1.807) is 12.1 Å². The maximum Gasteiger partial charge on any atom is 0.271 e. The molecule has 0 spiro atoms. The predicted molar refractivity (Wildman–Crippen MR) is 111 cm³/mol. The fourth-order valence-corrected chi connectivity index (χ4v) is 3.10. The molecule has 0 saturated carbocycles. The molecular formula is C20H14N4O6S. The third kappa shape index (κ3) is 5.21. The molecule has 0 fully saturated rings. The molecule has 3 aromatic rings. The van der Waals surface area contributed by atoms with Gasteiger partial charge in [0.25, 0.3) is 11.6 Å². The number of primary sulfonamides is 1. The molecule has 0 aliphatic carbocycles. The van der Waals surface area contributed by atoms with Gasteiger partial charge in [-0.05, 0) is 42.5 Å². The summed E-state index contributed by atoms with van der Waals surface area (Å²) in [4.78, 5) is 22.5. The number of carbonyl (C=O) groups is 1. The molecule has 2 aromatic carbocycles. The lowest BCUT2D eigenvalue weighted by atomic mass is 10.2. The van der Waals surface area contributed by atoms with Crippen LogP contribution in [0, 0.1) is 21.4 Å². The molecule has 3 rings (SSSR count). The van der Waals surface area contributed by atoms with Crippen LogP contribution in [0.1, 0.15) is 5.76 Å². The van der Waals surface area contributed by atoms with Crippen molar-refractivity contribution < 1.29 is 22.6 Å². The van der Waals surface area contributed by atoms with E-state index in [2.05, 4.69) is 5.32 Å². The van der Waals surface area contributed by atoms with Crippen LogP contribution in [-0.2, 0) is 14.8 Å². The highest BCUT2D eigenvalue weighted by molar-refractivity contribution is 7.89. The Labute approximate surface area is 176 Å². The Hall–Kier alpha value is -4.27. The molecule has 1 heterocycles. The number of nitriles is 1. The summed E-state index contributed by atoms with van der Waals surface area (Å²) in [6.45, 7) is 0. The van der Waals surface area contributed by atoms with E-state index in [4.69, 9.17) is 9.56 Å². The maximum absolute atomic E-state index is 12.4. The van der Waals surface area contributed by atoms with Crippen molar-refractivity contribution in [2.45, 2.75) is 4.90 Å². The first-order valence-corrected chi connectivity index (χ1v) is 10.1. The van der Waals surface area contributed by atoms with Gasteiger partial charge in [-0.25, -0.2) is 13.6 Å². The number of nitrogens with two attached hydrogens (primary N) is 1. The first-order valence-electron chi connectivity index (χ1n) is 8.58. The zero-order valence-corrected chi connectivity index (χ0v) is 16.5. The Morgan fingerprint density at radius 3 is 2.48 bits per heavy atom. The third-order valence-electron chi connectivity index (χ3n) is 4.06. The Morgan fingerprint density at radius 1 is 1.16 bits per heavy atom. The standard InChI is InChI=1S/C20H14N4O6S/c21-12-14(20(25)23-15-2-1-3-16(11-15)24(26)27)10-17-6-9-19(30-17)13-4-7-18(8-5-13)31(22,28)29/h1-11H,(H,23,25)(H2,22,28,29). The van der Waals surface area contributed by atoms with Crippen LogP contribution in [0.4, 0.5) is 11.4 Å². The highest BCUT2D eigenvalue weighted by atomic mass is 32.2. The van der Waals surface area contributed by atoms with E-state index in [1.807, 2.05) is 0 Å². The molecule has 10 nitrogen and oxygen atoms in total. The smallest absolute Gasteiger partial charge is 0.271 e. The number of nitrogens with one attached hydrogen (secondary N) is 1. The minimum atomic E-state index is -3.82. The van der Waals surface area contributed by atoms with Crippen LogP contribution in [0.5, 0.6) is 0 Å². The summed E-state index contributed by atoms with van der Waals surface area (Å²) in [7, 11) is -3.82. The number of nitrogens with zero attached hydrogens (tertiary/aromatic N) is 2. The van der Waals surface area contributed by atoms with E-state index in [1.165, 1.54) is 60.7 Å². The van der Waals surface area contributed by atoms with Crippen LogP contribution in [-0.4, -0.2) is 19.2 Å². The second-order valence-electron chi connectivity index (χ2n) is 6.20. The highest BCUT2D eigenvalue weighted by Crippen LogP contribution is 2.25.